The van der Waals surface area contributed by atoms with Gasteiger partial charge in [0.15, 0.2) is 17.7 Å². The SMILES string of the molecule is Nc1ncnc2c1ncn2[C@@H]1O[C@H](CSCCOc2ccc(-c3cncnc3)cc2)[C@@H](O)[C@H]1O. The largest absolute Gasteiger partial charge is 0.493 e. The molecule has 1 saturated heterocycles. The van der Waals surface area contributed by atoms with Gasteiger partial charge in [-0.05, 0) is 17.7 Å². The molecule has 4 atom stereocenters. The van der Waals surface area contributed by atoms with Gasteiger partial charge in [-0.1, -0.05) is 12.1 Å². The van der Waals surface area contributed by atoms with Crippen LogP contribution in [0.25, 0.3) is 22.3 Å². The molecule has 1 aliphatic heterocycles. The number of benzene rings is 1. The summed E-state index contributed by atoms with van der Waals surface area (Å²) in [4.78, 5) is 20.3. The molecule has 4 aromatic rings. The van der Waals surface area contributed by atoms with Crippen molar-refractivity contribution in [3.63, 3.8) is 0 Å². The number of nitrogen functional groups attached to an aromatic ring is 1. The number of aliphatic hydroxyl groups is 2. The number of nitrogens with two attached hydrogens (primary N) is 1. The summed E-state index contributed by atoms with van der Waals surface area (Å²) < 4.78 is 13.3. The molecule has 4 N–H and O–H groups in total. The van der Waals surface area contributed by atoms with Gasteiger partial charge in [-0.25, -0.2) is 24.9 Å². The van der Waals surface area contributed by atoms with Crippen molar-refractivity contribution in [2.75, 3.05) is 23.8 Å². The van der Waals surface area contributed by atoms with Gasteiger partial charge >= 0.3 is 0 Å². The van der Waals surface area contributed by atoms with Crippen molar-refractivity contribution in [3.05, 3.63) is 55.6 Å². The van der Waals surface area contributed by atoms with E-state index in [0.29, 0.717) is 29.3 Å². The van der Waals surface area contributed by atoms with Crippen LogP contribution < -0.4 is 10.5 Å². The summed E-state index contributed by atoms with van der Waals surface area (Å²) in [7, 11) is 0. The van der Waals surface area contributed by atoms with Gasteiger partial charge in [0.05, 0.1) is 19.0 Å². The maximum absolute atomic E-state index is 10.5. The van der Waals surface area contributed by atoms with Crippen LogP contribution in [0.4, 0.5) is 5.82 Å². The highest BCUT2D eigenvalue weighted by atomic mass is 32.2. The first-order valence-electron chi connectivity index (χ1n) is 10.6. The summed E-state index contributed by atoms with van der Waals surface area (Å²) in [5.74, 6) is 2.20. The van der Waals surface area contributed by atoms with E-state index in [1.54, 1.807) is 28.7 Å². The molecule has 11 nitrogen and oxygen atoms in total. The van der Waals surface area contributed by atoms with Crippen LogP contribution in [0, 0.1) is 0 Å². The molecule has 0 amide bonds. The Labute approximate surface area is 199 Å². The lowest BCUT2D eigenvalue weighted by molar-refractivity contribution is -0.0289. The third-order valence-electron chi connectivity index (χ3n) is 5.53. The molecule has 1 aromatic carbocycles. The van der Waals surface area contributed by atoms with Crippen molar-refractivity contribution in [1.29, 1.82) is 0 Å². The van der Waals surface area contributed by atoms with E-state index < -0.39 is 24.5 Å². The molecule has 4 heterocycles. The van der Waals surface area contributed by atoms with E-state index in [0.717, 1.165) is 16.9 Å². The molecule has 176 valence electrons. The minimum Gasteiger partial charge on any atom is -0.493 e. The molecule has 0 aliphatic carbocycles. The predicted molar refractivity (Wildman–Crippen MR) is 126 cm³/mol. The second kappa shape index (κ2) is 9.89. The standard InChI is InChI=1S/C22H23N7O4S/c23-20-17-21(27-11-26-20)29(12-28-17)22-19(31)18(30)16(33-22)9-34-6-5-32-15-3-1-13(2-4-15)14-7-24-10-25-8-14/h1-4,7-8,10-12,16,18-19,22,30-31H,5-6,9H2,(H2,23,26,27)/t16-,18-,19-,22-/m1/s1. The third kappa shape index (κ3) is 4.53. The Morgan fingerprint density at radius 1 is 1.00 bits per heavy atom. The monoisotopic (exact) mass is 481 g/mol. The molecule has 0 saturated carbocycles. The van der Waals surface area contributed by atoms with Crippen LogP contribution in [0.5, 0.6) is 5.75 Å². The summed E-state index contributed by atoms with van der Waals surface area (Å²) in [6.07, 6.45) is 4.31. The Hall–Kier alpha value is -3.32. The van der Waals surface area contributed by atoms with Crippen molar-refractivity contribution in [2.45, 2.75) is 24.5 Å². The van der Waals surface area contributed by atoms with Gasteiger partial charge in [0.2, 0.25) is 0 Å². The quantitative estimate of drug-likeness (QED) is 0.312. The molecule has 1 fully saturated rings. The van der Waals surface area contributed by atoms with E-state index >= 15 is 0 Å². The number of thioether (sulfide) groups is 1. The third-order valence-corrected chi connectivity index (χ3v) is 6.54. The van der Waals surface area contributed by atoms with E-state index in [4.69, 9.17) is 15.2 Å². The number of rotatable bonds is 8. The Kier molecular flexibility index (Phi) is 6.54. The molecule has 1 aliphatic rings. The molecule has 12 heteroatoms. The molecule has 0 radical (unpaired) electrons. The molecule has 0 bridgehead atoms. The normalized spacial score (nSPS) is 22.3. The summed E-state index contributed by atoms with van der Waals surface area (Å²) in [6, 6.07) is 7.74. The van der Waals surface area contributed by atoms with E-state index in [1.165, 1.54) is 19.0 Å². The average Bonchev–Trinajstić information content (AvgIpc) is 3.42. The minimum atomic E-state index is -1.12. The number of nitrogens with zero attached hydrogens (tertiary/aromatic N) is 6. The fraction of sp³-hybridized carbons (Fsp3) is 0.318. The van der Waals surface area contributed by atoms with Gasteiger partial charge < -0.3 is 25.4 Å². The van der Waals surface area contributed by atoms with Crippen LogP contribution in [0.3, 0.4) is 0 Å². The van der Waals surface area contributed by atoms with Gasteiger partial charge in [-0.2, -0.15) is 11.8 Å². The maximum atomic E-state index is 10.5. The van der Waals surface area contributed by atoms with Crippen LogP contribution in [-0.4, -0.2) is 76.1 Å². The first kappa shape index (κ1) is 22.5. The minimum absolute atomic E-state index is 0.243. The molecule has 3 aromatic heterocycles. The zero-order valence-electron chi connectivity index (χ0n) is 18.0. The smallest absolute Gasteiger partial charge is 0.167 e. The summed E-state index contributed by atoms with van der Waals surface area (Å²) in [5, 5.41) is 21.0. The number of aliphatic hydroxyl groups excluding tert-OH is 2. The van der Waals surface area contributed by atoms with Gasteiger partial charge in [0.25, 0.3) is 0 Å². The van der Waals surface area contributed by atoms with E-state index in [2.05, 4.69) is 24.9 Å². The highest BCUT2D eigenvalue weighted by Crippen LogP contribution is 2.33. The van der Waals surface area contributed by atoms with Crippen molar-refractivity contribution in [1.82, 2.24) is 29.5 Å². The van der Waals surface area contributed by atoms with Crippen LogP contribution in [0.15, 0.2) is 55.6 Å². The van der Waals surface area contributed by atoms with E-state index in [1.807, 2.05) is 24.3 Å². The van der Waals surface area contributed by atoms with Gasteiger partial charge in [-0.3, -0.25) is 4.57 Å². The number of fused-ring (bicyclic) bond motifs is 1. The van der Waals surface area contributed by atoms with Crippen molar-refractivity contribution < 1.29 is 19.7 Å². The van der Waals surface area contributed by atoms with Crippen LogP contribution in [0.2, 0.25) is 0 Å². The van der Waals surface area contributed by atoms with Crippen molar-refractivity contribution >= 4 is 28.7 Å². The second-order valence-corrected chi connectivity index (χ2v) is 8.85. The topological polar surface area (TPSA) is 154 Å². The lowest BCUT2D eigenvalue weighted by Crippen LogP contribution is -2.32. The van der Waals surface area contributed by atoms with E-state index in [-0.39, 0.29) is 5.82 Å². The van der Waals surface area contributed by atoms with Crippen molar-refractivity contribution in [3.8, 4) is 16.9 Å². The summed E-state index contributed by atoms with van der Waals surface area (Å²) in [5.41, 5.74) is 8.65. The molecule has 34 heavy (non-hydrogen) atoms. The number of aromatic nitrogens is 6. The van der Waals surface area contributed by atoms with Crippen LogP contribution >= 0.6 is 11.8 Å². The first-order chi connectivity index (χ1) is 16.6. The van der Waals surface area contributed by atoms with E-state index in [9.17, 15) is 10.2 Å². The van der Waals surface area contributed by atoms with Crippen LogP contribution in [-0.2, 0) is 4.74 Å². The molecule has 5 rings (SSSR count). The lowest BCUT2D eigenvalue weighted by atomic mass is 10.1. The first-order valence-corrected chi connectivity index (χ1v) is 11.8. The molecule has 0 spiro atoms. The van der Waals surface area contributed by atoms with Crippen LogP contribution in [0.1, 0.15) is 6.23 Å². The van der Waals surface area contributed by atoms with Crippen molar-refractivity contribution in [2.24, 2.45) is 0 Å². The summed E-state index contributed by atoms with van der Waals surface area (Å²) >= 11 is 1.57. The number of hydrogen-bond acceptors (Lipinski definition) is 11. The Balaban J connectivity index is 1.11. The highest BCUT2D eigenvalue weighted by molar-refractivity contribution is 7.99. The average molecular weight is 482 g/mol. The zero-order valence-corrected chi connectivity index (χ0v) is 18.8. The predicted octanol–water partition coefficient (Wildman–Crippen LogP) is 1.30. The van der Waals surface area contributed by atoms with Gasteiger partial charge in [-0.15, -0.1) is 0 Å². The maximum Gasteiger partial charge on any atom is 0.167 e. The Morgan fingerprint density at radius 3 is 2.59 bits per heavy atom. The number of imidazole rings is 1. The molecular weight excluding hydrogens is 458 g/mol. The highest BCUT2D eigenvalue weighted by Gasteiger charge is 2.44. The molecular formula is C22H23N7O4S. The molecule has 0 unspecified atom stereocenters. The lowest BCUT2D eigenvalue weighted by Gasteiger charge is -2.16. The fourth-order valence-corrected chi connectivity index (χ4v) is 4.64. The second-order valence-electron chi connectivity index (χ2n) is 7.70. The summed E-state index contributed by atoms with van der Waals surface area (Å²) in [6.45, 7) is 0.496. The van der Waals surface area contributed by atoms with Gasteiger partial charge in [0.1, 0.15) is 36.1 Å². The Morgan fingerprint density at radius 2 is 1.79 bits per heavy atom. The Bertz CT molecular complexity index is 1240. The number of hydrogen-bond donors (Lipinski definition) is 3. The number of ether oxygens (including phenoxy) is 2. The number of anilines is 1. The zero-order chi connectivity index (χ0) is 23.5. The fourth-order valence-electron chi connectivity index (χ4n) is 3.76. The van der Waals surface area contributed by atoms with Gasteiger partial charge in [0, 0.05) is 29.5 Å².